The highest BCUT2D eigenvalue weighted by molar-refractivity contribution is 5.99. The van der Waals surface area contributed by atoms with Crippen molar-refractivity contribution in [2.24, 2.45) is 7.05 Å². The van der Waals surface area contributed by atoms with Crippen molar-refractivity contribution in [3.05, 3.63) is 81.4 Å². The molecule has 0 unspecified atom stereocenters. The second-order valence-corrected chi connectivity index (χ2v) is 9.22. The third kappa shape index (κ3) is 4.84. The third-order valence-electron chi connectivity index (χ3n) is 6.71. The molecule has 0 aliphatic heterocycles. The molecule has 1 amide bonds. The number of aromatic nitrogens is 3. The lowest BCUT2D eigenvalue weighted by Gasteiger charge is -2.27. The van der Waals surface area contributed by atoms with Gasteiger partial charge in [0.2, 0.25) is 0 Å². The lowest BCUT2D eigenvalue weighted by Crippen LogP contribution is -2.39. The number of amides is 1. The zero-order valence-corrected chi connectivity index (χ0v) is 20.3. The van der Waals surface area contributed by atoms with E-state index in [1.165, 1.54) is 25.1 Å². The van der Waals surface area contributed by atoms with Gasteiger partial charge in [-0.2, -0.15) is 0 Å². The Labute approximate surface area is 209 Å². The molecule has 37 heavy (non-hydrogen) atoms. The van der Waals surface area contributed by atoms with Crippen molar-refractivity contribution in [2.75, 3.05) is 5.32 Å². The number of hydrogen-bond acceptors (Lipinski definition) is 4. The minimum Gasteiger partial charge on any atom is -0.363 e. The lowest BCUT2D eigenvalue weighted by atomic mass is 10.0. The number of nitrogens with zero attached hydrogens (tertiary/aromatic N) is 3. The van der Waals surface area contributed by atoms with E-state index >= 15 is 0 Å². The largest absolute Gasteiger partial charge is 0.363 e. The van der Waals surface area contributed by atoms with Crippen LogP contribution in [-0.2, 0) is 12.6 Å². The quantitative estimate of drug-likeness (QED) is 0.384. The van der Waals surface area contributed by atoms with Crippen molar-refractivity contribution in [3.8, 4) is 0 Å². The Kier molecular flexibility index (Phi) is 7.11. The first-order valence-corrected chi connectivity index (χ1v) is 11.6. The van der Waals surface area contributed by atoms with Crippen LogP contribution in [0.25, 0.3) is 0 Å². The lowest BCUT2D eigenvalue weighted by molar-refractivity contribution is 0.0658. The first-order chi connectivity index (χ1) is 17.5. The van der Waals surface area contributed by atoms with E-state index in [9.17, 15) is 31.5 Å². The number of benzene rings is 1. The predicted octanol–water partition coefficient (Wildman–Crippen LogP) is 5.08. The van der Waals surface area contributed by atoms with E-state index < -0.39 is 53.3 Å². The molecule has 2 heterocycles. The van der Waals surface area contributed by atoms with Crippen LogP contribution in [0.15, 0.2) is 47.7 Å². The number of carbonyl (C=O) groups excluding carboxylic acids is 1. The number of rotatable bonds is 9. The second-order valence-electron chi connectivity index (χ2n) is 9.22. The molecule has 1 aromatic carbocycles. The maximum Gasteiger partial charge on any atom is 0.266 e. The van der Waals surface area contributed by atoms with E-state index in [0.29, 0.717) is 5.69 Å². The Morgan fingerprint density at radius 3 is 2.30 bits per heavy atom. The normalized spacial score (nSPS) is 16.1. The van der Waals surface area contributed by atoms with Crippen LogP contribution in [0.2, 0.25) is 0 Å². The summed E-state index contributed by atoms with van der Waals surface area (Å²) in [5.74, 6) is -2.06. The average Bonchev–Trinajstić information content (AvgIpc) is 3.52. The molecule has 0 radical (unpaired) electrons. The molecule has 0 saturated heterocycles. The summed E-state index contributed by atoms with van der Waals surface area (Å²) in [5.41, 5.74) is -2.90. The molecular formula is C25H26F5N5O2. The minimum atomic E-state index is -3.04. The maximum atomic E-state index is 14.7. The Balaban J connectivity index is 1.75. The molecule has 3 aromatic rings. The standard InChI is InChI=1S/C25H26F5N5O2/c1-13(15-5-4-6-16(20(15)26)21(27)28)33-23(37)17-7-8-19(36)35(25(9-10-25)24(29)30)22(17)32-14(2)18-11-31-12-34(18)3/h4-8,11-14,21,24,32H,9-10H2,1-3H3,(H,33,37)/t13-,14-/m1/s1. The molecule has 1 aliphatic carbocycles. The summed E-state index contributed by atoms with van der Waals surface area (Å²) < 4.78 is 71.8. The fraction of sp³-hybridized carbons (Fsp3) is 0.400. The number of nitrogens with one attached hydrogen (secondary N) is 2. The summed E-state index contributed by atoms with van der Waals surface area (Å²) in [6, 6.07) is 4.12. The van der Waals surface area contributed by atoms with Gasteiger partial charge in [0, 0.05) is 18.7 Å². The van der Waals surface area contributed by atoms with Crippen LogP contribution in [0.1, 0.15) is 72.4 Å². The summed E-state index contributed by atoms with van der Waals surface area (Å²) in [6.45, 7) is 3.13. The Morgan fingerprint density at radius 1 is 1.05 bits per heavy atom. The molecule has 0 bridgehead atoms. The van der Waals surface area contributed by atoms with Gasteiger partial charge in [-0.3, -0.25) is 14.2 Å². The smallest absolute Gasteiger partial charge is 0.266 e. The molecule has 1 aliphatic rings. The summed E-state index contributed by atoms with van der Waals surface area (Å²) >= 11 is 0. The monoisotopic (exact) mass is 523 g/mol. The predicted molar refractivity (Wildman–Crippen MR) is 126 cm³/mol. The van der Waals surface area contributed by atoms with Crippen LogP contribution in [0, 0.1) is 5.82 Å². The van der Waals surface area contributed by atoms with Gasteiger partial charge in [-0.15, -0.1) is 0 Å². The fourth-order valence-corrected chi connectivity index (χ4v) is 4.46. The van der Waals surface area contributed by atoms with E-state index in [0.717, 1.165) is 16.7 Å². The van der Waals surface area contributed by atoms with E-state index in [1.807, 2.05) is 0 Å². The number of carbonyl (C=O) groups is 1. The number of hydrogen-bond donors (Lipinski definition) is 2. The Morgan fingerprint density at radius 2 is 1.73 bits per heavy atom. The van der Waals surface area contributed by atoms with Gasteiger partial charge in [-0.05, 0) is 32.8 Å². The first-order valence-electron chi connectivity index (χ1n) is 11.6. The summed E-state index contributed by atoms with van der Waals surface area (Å²) in [5, 5.41) is 5.57. The molecule has 1 fully saturated rings. The first kappa shape index (κ1) is 26.4. The van der Waals surface area contributed by atoms with Crippen molar-refractivity contribution in [1.29, 1.82) is 0 Å². The topological polar surface area (TPSA) is 81.0 Å². The van der Waals surface area contributed by atoms with E-state index in [-0.39, 0.29) is 29.8 Å². The highest BCUT2D eigenvalue weighted by atomic mass is 19.3. The molecule has 7 nitrogen and oxygen atoms in total. The number of pyridine rings is 1. The van der Waals surface area contributed by atoms with Crippen molar-refractivity contribution < 1.29 is 26.7 Å². The molecule has 4 rings (SSSR count). The van der Waals surface area contributed by atoms with Crippen LogP contribution in [0.3, 0.4) is 0 Å². The van der Waals surface area contributed by atoms with Gasteiger partial charge >= 0.3 is 0 Å². The number of imidazole rings is 1. The van der Waals surface area contributed by atoms with Crippen molar-refractivity contribution >= 4 is 11.7 Å². The molecule has 0 spiro atoms. The average molecular weight is 524 g/mol. The highest BCUT2D eigenvalue weighted by Gasteiger charge is 2.55. The van der Waals surface area contributed by atoms with Crippen molar-refractivity contribution in [2.45, 2.75) is 57.2 Å². The van der Waals surface area contributed by atoms with Gasteiger partial charge in [0.25, 0.3) is 24.3 Å². The van der Waals surface area contributed by atoms with Gasteiger partial charge in [-0.25, -0.2) is 26.9 Å². The van der Waals surface area contributed by atoms with E-state index in [4.69, 9.17) is 0 Å². The number of aryl methyl sites for hydroxylation is 1. The molecule has 198 valence electrons. The summed E-state index contributed by atoms with van der Waals surface area (Å²) in [7, 11) is 1.73. The number of halogens is 5. The molecule has 12 heteroatoms. The van der Waals surface area contributed by atoms with Crippen LogP contribution < -0.4 is 16.2 Å². The van der Waals surface area contributed by atoms with Gasteiger partial charge in [-0.1, -0.05) is 18.2 Å². The molecular weight excluding hydrogens is 497 g/mol. The second kappa shape index (κ2) is 9.98. The van der Waals surface area contributed by atoms with Gasteiger partial charge in [0.15, 0.2) is 0 Å². The Bertz CT molecular complexity index is 1370. The van der Waals surface area contributed by atoms with Crippen LogP contribution in [0.5, 0.6) is 0 Å². The van der Waals surface area contributed by atoms with Crippen LogP contribution in [0.4, 0.5) is 27.8 Å². The molecule has 2 aromatic heterocycles. The van der Waals surface area contributed by atoms with Crippen molar-refractivity contribution in [1.82, 2.24) is 19.4 Å². The van der Waals surface area contributed by atoms with Crippen LogP contribution in [-0.4, -0.2) is 26.5 Å². The summed E-state index contributed by atoms with van der Waals surface area (Å²) in [4.78, 5) is 30.2. The number of alkyl halides is 4. The van der Waals surface area contributed by atoms with Crippen LogP contribution >= 0.6 is 0 Å². The fourth-order valence-electron chi connectivity index (χ4n) is 4.46. The Hall–Kier alpha value is -3.70. The van der Waals surface area contributed by atoms with Gasteiger partial charge in [0.1, 0.15) is 17.2 Å². The van der Waals surface area contributed by atoms with Gasteiger partial charge in [0.05, 0.1) is 41.4 Å². The SMILES string of the molecule is C[C@@H](NC(=O)c1ccc(=O)n(C2(C(F)F)CC2)c1N[C@H](C)c1cncn1C)c1cccc(C(F)F)c1F. The number of anilines is 1. The minimum absolute atomic E-state index is 0.0481. The molecule has 2 N–H and O–H groups in total. The van der Waals surface area contributed by atoms with Crippen molar-refractivity contribution in [3.63, 3.8) is 0 Å². The highest BCUT2D eigenvalue weighted by Crippen LogP contribution is 2.49. The maximum absolute atomic E-state index is 14.7. The molecule has 1 saturated carbocycles. The van der Waals surface area contributed by atoms with Gasteiger partial charge < -0.3 is 15.2 Å². The zero-order valence-electron chi connectivity index (χ0n) is 20.3. The van der Waals surface area contributed by atoms with E-state index in [2.05, 4.69) is 15.6 Å². The zero-order chi connectivity index (χ0) is 27.1. The van der Waals surface area contributed by atoms with E-state index in [1.54, 1.807) is 31.1 Å². The molecule has 2 atom stereocenters. The third-order valence-corrected chi connectivity index (χ3v) is 6.71. The summed E-state index contributed by atoms with van der Waals surface area (Å²) in [6.07, 6.45) is -2.70.